The molecule has 2 aromatic rings. The van der Waals surface area contributed by atoms with Gasteiger partial charge in [-0.2, -0.15) is 13.2 Å². The minimum Gasteiger partial charge on any atom is -0.370 e. The summed E-state index contributed by atoms with van der Waals surface area (Å²) in [6.45, 7) is 3.26. The van der Waals surface area contributed by atoms with Crippen molar-refractivity contribution in [2.45, 2.75) is 13.1 Å². The van der Waals surface area contributed by atoms with Crippen molar-refractivity contribution in [3.8, 4) is 0 Å². The van der Waals surface area contributed by atoms with Gasteiger partial charge in [0.05, 0.1) is 16.8 Å². The molecule has 2 atom stereocenters. The van der Waals surface area contributed by atoms with E-state index in [0.29, 0.717) is 37.4 Å². The molecule has 158 valence electrons. The van der Waals surface area contributed by atoms with Gasteiger partial charge in [-0.1, -0.05) is 12.1 Å². The summed E-state index contributed by atoms with van der Waals surface area (Å²) in [5.74, 6) is -0.000761. The van der Waals surface area contributed by atoms with E-state index in [9.17, 15) is 22.8 Å². The number of Topliss-reactive ketones (excluding diaryl/α,β-unsaturated/α-hetero) is 1. The molecule has 2 aliphatic rings. The van der Waals surface area contributed by atoms with Crippen LogP contribution in [0, 0.1) is 11.8 Å². The largest absolute Gasteiger partial charge is 0.418 e. The molecule has 2 aliphatic heterocycles. The standard InChI is InChI=1S/C21H21F3N4O2/c1-13(29)16-8-25-7-6-18(16)26-20(30)28-11-14-9-27(10-15(14)12-28)19-5-3-2-4-17(19)21(22,23)24/h2-8,14-15H,9-12H2,1H3,(H,25,26,30)/t14-,15+. The number of likely N-dealkylation sites (tertiary alicyclic amines) is 1. The zero-order valence-corrected chi connectivity index (χ0v) is 16.3. The minimum absolute atomic E-state index is 0.0988. The number of fused-ring (bicyclic) bond motifs is 1. The molecule has 0 radical (unpaired) electrons. The summed E-state index contributed by atoms with van der Waals surface area (Å²) in [5.41, 5.74) is 0.299. The summed E-state index contributed by atoms with van der Waals surface area (Å²) in [6.07, 6.45) is -1.50. The molecule has 30 heavy (non-hydrogen) atoms. The molecule has 0 unspecified atom stereocenters. The van der Waals surface area contributed by atoms with Gasteiger partial charge in [-0.25, -0.2) is 4.79 Å². The summed E-state index contributed by atoms with van der Waals surface area (Å²) in [4.78, 5) is 31.7. The van der Waals surface area contributed by atoms with E-state index in [1.165, 1.54) is 31.5 Å². The van der Waals surface area contributed by atoms with Crippen LogP contribution in [0.4, 0.5) is 29.3 Å². The number of carbonyl (C=O) groups excluding carboxylic acids is 2. The van der Waals surface area contributed by atoms with Crippen molar-refractivity contribution in [2.24, 2.45) is 11.8 Å². The maximum absolute atomic E-state index is 13.3. The van der Waals surface area contributed by atoms with Gasteiger partial charge >= 0.3 is 12.2 Å². The van der Waals surface area contributed by atoms with Gasteiger partial charge in [0.25, 0.3) is 0 Å². The van der Waals surface area contributed by atoms with Crippen LogP contribution >= 0.6 is 0 Å². The Hall–Kier alpha value is -3.10. The van der Waals surface area contributed by atoms with Crippen LogP contribution < -0.4 is 10.2 Å². The monoisotopic (exact) mass is 418 g/mol. The number of rotatable bonds is 3. The normalized spacial score (nSPS) is 20.9. The number of urea groups is 1. The van der Waals surface area contributed by atoms with Gasteiger partial charge < -0.3 is 15.1 Å². The lowest BCUT2D eigenvalue weighted by Gasteiger charge is -2.26. The minimum atomic E-state index is -4.40. The highest BCUT2D eigenvalue weighted by Gasteiger charge is 2.44. The maximum Gasteiger partial charge on any atom is 0.418 e. The molecule has 9 heteroatoms. The fraction of sp³-hybridized carbons (Fsp3) is 0.381. The number of anilines is 2. The number of aromatic nitrogens is 1. The maximum atomic E-state index is 13.3. The van der Waals surface area contributed by atoms with E-state index in [1.807, 2.05) is 0 Å². The first-order valence-electron chi connectivity index (χ1n) is 9.66. The number of hydrogen-bond donors (Lipinski definition) is 1. The van der Waals surface area contributed by atoms with Crippen molar-refractivity contribution in [3.05, 3.63) is 53.9 Å². The lowest BCUT2D eigenvalue weighted by Crippen LogP contribution is -2.36. The van der Waals surface area contributed by atoms with Crippen molar-refractivity contribution < 1.29 is 22.8 Å². The number of halogens is 3. The van der Waals surface area contributed by atoms with Gasteiger partial charge in [0.1, 0.15) is 0 Å². The van der Waals surface area contributed by atoms with Gasteiger partial charge in [0.2, 0.25) is 0 Å². The first kappa shape index (κ1) is 20.2. The molecule has 6 nitrogen and oxygen atoms in total. The molecular formula is C21H21F3N4O2. The Labute approximate surface area is 171 Å². The van der Waals surface area contributed by atoms with Crippen molar-refractivity contribution in [1.29, 1.82) is 0 Å². The molecule has 3 heterocycles. The predicted molar refractivity (Wildman–Crippen MR) is 105 cm³/mol. The molecule has 0 saturated carbocycles. The molecule has 2 fully saturated rings. The van der Waals surface area contributed by atoms with Gasteiger partial charge in [-0.15, -0.1) is 0 Å². The summed E-state index contributed by atoms with van der Waals surface area (Å²) in [6, 6.07) is 6.86. The fourth-order valence-corrected chi connectivity index (χ4v) is 4.32. The number of nitrogens with zero attached hydrogens (tertiary/aromatic N) is 3. The van der Waals surface area contributed by atoms with E-state index in [-0.39, 0.29) is 29.3 Å². The summed E-state index contributed by atoms with van der Waals surface area (Å²) < 4.78 is 40.0. The summed E-state index contributed by atoms with van der Waals surface area (Å²) in [7, 11) is 0. The Morgan fingerprint density at radius 2 is 1.73 bits per heavy atom. The predicted octanol–water partition coefficient (Wildman–Crippen LogP) is 3.90. The fourth-order valence-electron chi connectivity index (χ4n) is 4.32. The smallest absolute Gasteiger partial charge is 0.370 e. The zero-order chi connectivity index (χ0) is 21.5. The van der Waals surface area contributed by atoms with E-state index >= 15 is 0 Å². The van der Waals surface area contributed by atoms with Gasteiger partial charge in [-0.3, -0.25) is 9.78 Å². The number of benzene rings is 1. The summed E-state index contributed by atoms with van der Waals surface area (Å²) >= 11 is 0. The third-order valence-corrected chi connectivity index (χ3v) is 5.77. The van der Waals surface area contributed by atoms with Crippen LogP contribution in [0.25, 0.3) is 0 Å². The number of carbonyl (C=O) groups is 2. The number of alkyl halides is 3. The van der Waals surface area contributed by atoms with Crippen LogP contribution in [0.1, 0.15) is 22.8 Å². The lowest BCUT2D eigenvalue weighted by atomic mass is 10.0. The lowest BCUT2D eigenvalue weighted by molar-refractivity contribution is -0.137. The van der Waals surface area contributed by atoms with E-state index in [0.717, 1.165) is 6.07 Å². The Balaban J connectivity index is 1.42. The molecule has 0 bridgehead atoms. The van der Waals surface area contributed by atoms with E-state index < -0.39 is 11.7 Å². The van der Waals surface area contributed by atoms with E-state index in [2.05, 4.69) is 10.3 Å². The Morgan fingerprint density at radius 1 is 1.07 bits per heavy atom. The molecular weight excluding hydrogens is 397 g/mol. The zero-order valence-electron chi connectivity index (χ0n) is 16.3. The highest BCUT2D eigenvalue weighted by Crippen LogP contribution is 2.40. The molecule has 1 N–H and O–H groups in total. The quantitative estimate of drug-likeness (QED) is 0.768. The van der Waals surface area contributed by atoms with Crippen molar-refractivity contribution in [3.63, 3.8) is 0 Å². The van der Waals surface area contributed by atoms with Crippen LogP contribution in [0.15, 0.2) is 42.7 Å². The van der Waals surface area contributed by atoms with E-state index in [4.69, 9.17) is 0 Å². The second-order valence-corrected chi connectivity index (χ2v) is 7.75. The van der Waals surface area contributed by atoms with E-state index in [1.54, 1.807) is 21.9 Å². The van der Waals surface area contributed by atoms with Crippen LogP contribution in [0.3, 0.4) is 0 Å². The number of pyridine rings is 1. The molecule has 0 spiro atoms. The highest BCUT2D eigenvalue weighted by molar-refractivity contribution is 6.03. The van der Waals surface area contributed by atoms with Crippen LogP contribution in [0.2, 0.25) is 0 Å². The van der Waals surface area contributed by atoms with Crippen LogP contribution in [-0.2, 0) is 6.18 Å². The first-order valence-corrected chi connectivity index (χ1v) is 9.66. The van der Waals surface area contributed by atoms with Crippen LogP contribution in [0.5, 0.6) is 0 Å². The Morgan fingerprint density at radius 3 is 2.37 bits per heavy atom. The third-order valence-electron chi connectivity index (χ3n) is 5.77. The highest BCUT2D eigenvalue weighted by atomic mass is 19.4. The molecule has 2 saturated heterocycles. The Bertz CT molecular complexity index is 965. The Kier molecular flexibility index (Phi) is 5.13. The molecule has 1 aromatic heterocycles. The second-order valence-electron chi connectivity index (χ2n) is 7.75. The average Bonchev–Trinajstić information content (AvgIpc) is 3.27. The third kappa shape index (κ3) is 3.83. The number of para-hydroxylation sites is 1. The van der Waals surface area contributed by atoms with Gasteiger partial charge in [-0.05, 0) is 25.1 Å². The van der Waals surface area contributed by atoms with Crippen molar-refractivity contribution in [2.75, 3.05) is 36.4 Å². The van der Waals surface area contributed by atoms with Crippen molar-refractivity contribution >= 4 is 23.2 Å². The first-order chi connectivity index (χ1) is 14.2. The molecule has 2 amide bonds. The SMILES string of the molecule is CC(=O)c1cnccc1NC(=O)N1C[C@@H]2CN(c3ccccc3C(F)(F)F)C[C@@H]2C1. The number of nitrogens with one attached hydrogen (secondary N) is 1. The number of hydrogen-bond acceptors (Lipinski definition) is 4. The molecule has 0 aliphatic carbocycles. The van der Waals surface area contributed by atoms with Crippen LogP contribution in [-0.4, -0.2) is 47.9 Å². The number of ketones is 1. The average molecular weight is 418 g/mol. The number of amides is 2. The summed E-state index contributed by atoms with van der Waals surface area (Å²) in [5, 5.41) is 2.76. The molecule has 4 rings (SSSR count). The van der Waals surface area contributed by atoms with Gasteiger partial charge in [0.15, 0.2) is 5.78 Å². The second kappa shape index (κ2) is 7.62. The molecule has 1 aromatic carbocycles. The van der Waals surface area contributed by atoms with Crippen molar-refractivity contribution in [1.82, 2.24) is 9.88 Å². The topological polar surface area (TPSA) is 65.5 Å². The van der Waals surface area contributed by atoms with Gasteiger partial charge in [0, 0.05) is 56.1 Å².